The Kier molecular flexibility index (Phi) is 4.94. The fourth-order valence-electron chi connectivity index (χ4n) is 2.73. The standard InChI is InChI=1S/C15H23N3S2/c1-18(2)15(8-5-9-15)10-17-11-6-4-7-12(20-3)13(11)14(16)19/h4,6-7,17H,5,8-10H2,1-3H3,(H2,16,19). The minimum atomic E-state index is 0.281. The number of thiocarbonyl (C=S) groups is 1. The van der Waals surface area contributed by atoms with Crippen molar-refractivity contribution < 1.29 is 0 Å². The molecule has 0 aromatic heterocycles. The second-order valence-electron chi connectivity index (χ2n) is 5.57. The summed E-state index contributed by atoms with van der Waals surface area (Å²) in [5, 5.41) is 3.57. The van der Waals surface area contributed by atoms with Crippen LogP contribution in [0.4, 0.5) is 5.69 Å². The molecule has 1 aliphatic carbocycles. The van der Waals surface area contributed by atoms with Crippen molar-refractivity contribution in [3.8, 4) is 0 Å². The molecule has 0 amide bonds. The van der Waals surface area contributed by atoms with Crippen LogP contribution in [0.25, 0.3) is 0 Å². The van der Waals surface area contributed by atoms with Crippen LogP contribution in [0.5, 0.6) is 0 Å². The van der Waals surface area contributed by atoms with Gasteiger partial charge in [0.2, 0.25) is 0 Å². The van der Waals surface area contributed by atoms with Gasteiger partial charge in [0.05, 0.1) is 0 Å². The summed E-state index contributed by atoms with van der Waals surface area (Å²) >= 11 is 6.90. The molecule has 0 bridgehead atoms. The van der Waals surface area contributed by atoms with E-state index in [1.807, 2.05) is 6.26 Å². The molecule has 5 heteroatoms. The average molecular weight is 310 g/mol. The van der Waals surface area contributed by atoms with Crippen LogP contribution >= 0.6 is 24.0 Å². The van der Waals surface area contributed by atoms with Gasteiger partial charge in [-0.25, -0.2) is 0 Å². The van der Waals surface area contributed by atoms with Crippen molar-refractivity contribution >= 4 is 34.7 Å². The zero-order valence-electron chi connectivity index (χ0n) is 12.4. The first-order valence-corrected chi connectivity index (χ1v) is 8.51. The molecule has 2 rings (SSSR count). The molecular formula is C15H23N3S2. The normalized spacial score (nSPS) is 16.8. The third kappa shape index (κ3) is 2.95. The fraction of sp³-hybridized carbons (Fsp3) is 0.533. The molecule has 3 nitrogen and oxygen atoms in total. The number of thioether (sulfide) groups is 1. The molecule has 0 aliphatic heterocycles. The van der Waals surface area contributed by atoms with Crippen molar-refractivity contribution in [2.45, 2.75) is 29.7 Å². The first kappa shape index (κ1) is 15.6. The van der Waals surface area contributed by atoms with Crippen molar-refractivity contribution in [3.05, 3.63) is 23.8 Å². The average Bonchev–Trinajstić information content (AvgIpc) is 2.36. The molecule has 0 unspecified atom stereocenters. The van der Waals surface area contributed by atoms with Gasteiger partial charge in [-0.3, -0.25) is 0 Å². The highest BCUT2D eigenvalue weighted by Crippen LogP contribution is 2.37. The van der Waals surface area contributed by atoms with E-state index in [-0.39, 0.29) is 5.54 Å². The number of benzene rings is 1. The molecule has 20 heavy (non-hydrogen) atoms. The van der Waals surface area contributed by atoms with E-state index in [1.54, 1.807) is 11.8 Å². The summed E-state index contributed by atoms with van der Waals surface area (Å²) in [7, 11) is 4.32. The van der Waals surface area contributed by atoms with Gasteiger partial charge in [-0.05, 0) is 51.7 Å². The Morgan fingerprint density at radius 1 is 1.45 bits per heavy atom. The molecule has 1 saturated carbocycles. The molecule has 1 aromatic carbocycles. The van der Waals surface area contributed by atoms with Crippen molar-refractivity contribution in [1.82, 2.24) is 4.90 Å². The minimum absolute atomic E-state index is 0.281. The number of hydrogen-bond donors (Lipinski definition) is 2. The third-order valence-corrected chi connectivity index (χ3v) is 5.32. The number of nitrogens with two attached hydrogens (primary N) is 1. The number of likely N-dealkylation sites (N-methyl/N-ethyl adjacent to an activating group) is 1. The Labute approximate surface area is 131 Å². The number of rotatable bonds is 6. The SMILES string of the molecule is CSc1cccc(NCC2(N(C)C)CCC2)c1C(N)=S. The lowest BCUT2D eigenvalue weighted by Crippen LogP contribution is -2.54. The van der Waals surface area contributed by atoms with Gasteiger partial charge in [0.1, 0.15) is 4.99 Å². The van der Waals surface area contributed by atoms with Crippen LogP contribution in [0, 0.1) is 0 Å². The summed E-state index contributed by atoms with van der Waals surface area (Å²) < 4.78 is 0. The molecule has 1 fully saturated rings. The first-order chi connectivity index (χ1) is 9.50. The third-order valence-electron chi connectivity index (χ3n) is 4.33. The molecule has 0 spiro atoms. The maximum atomic E-state index is 5.90. The lowest BCUT2D eigenvalue weighted by atomic mass is 9.75. The predicted octanol–water partition coefficient (Wildman–Crippen LogP) is 2.94. The van der Waals surface area contributed by atoms with Gasteiger partial charge in [-0.2, -0.15) is 0 Å². The number of nitrogens with one attached hydrogen (secondary N) is 1. The molecule has 3 N–H and O–H groups in total. The summed E-state index contributed by atoms with van der Waals surface area (Å²) in [5.74, 6) is 0. The van der Waals surface area contributed by atoms with Gasteiger partial charge in [-0.1, -0.05) is 18.3 Å². The molecule has 0 saturated heterocycles. The molecule has 1 aromatic rings. The predicted molar refractivity (Wildman–Crippen MR) is 92.9 cm³/mol. The fourth-order valence-corrected chi connectivity index (χ4v) is 3.65. The Morgan fingerprint density at radius 2 is 2.15 bits per heavy atom. The van der Waals surface area contributed by atoms with Crippen LogP contribution in [-0.2, 0) is 0 Å². The van der Waals surface area contributed by atoms with Gasteiger partial charge < -0.3 is 16.0 Å². The van der Waals surface area contributed by atoms with Crippen molar-refractivity contribution in [3.63, 3.8) is 0 Å². The smallest absolute Gasteiger partial charge is 0.107 e. The van der Waals surface area contributed by atoms with Crippen molar-refractivity contribution in [1.29, 1.82) is 0 Å². The van der Waals surface area contributed by atoms with Gasteiger partial charge in [0.25, 0.3) is 0 Å². The molecule has 0 heterocycles. The monoisotopic (exact) mass is 309 g/mol. The zero-order valence-corrected chi connectivity index (χ0v) is 14.0. The highest BCUT2D eigenvalue weighted by atomic mass is 32.2. The van der Waals surface area contributed by atoms with Gasteiger partial charge in [0.15, 0.2) is 0 Å². The van der Waals surface area contributed by atoms with E-state index in [9.17, 15) is 0 Å². The number of hydrogen-bond acceptors (Lipinski definition) is 4. The Morgan fingerprint density at radius 3 is 2.60 bits per heavy atom. The second kappa shape index (κ2) is 6.33. The molecule has 0 radical (unpaired) electrons. The van der Waals surface area contributed by atoms with Crippen molar-refractivity contribution in [2.24, 2.45) is 5.73 Å². The minimum Gasteiger partial charge on any atom is -0.389 e. The quantitative estimate of drug-likeness (QED) is 0.624. The van der Waals surface area contributed by atoms with Crippen LogP contribution in [0.2, 0.25) is 0 Å². The van der Waals surface area contributed by atoms with E-state index < -0.39 is 0 Å². The van der Waals surface area contributed by atoms with E-state index in [0.717, 1.165) is 22.7 Å². The highest BCUT2D eigenvalue weighted by molar-refractivity contribution is 7.98. The topological polar surface area (TPSA) is 41.3 Å². The van der Waals surface area contributed by atoms with Crippen LogP contribution in [0.3, 0.4) is 0 Å². The summed E-state index contributed by atoms with van der Waals surface area (Å²) in [5.41, 5.74) is 8.21. The highest BCUT2D eigenvalue weighted by Gasteiger charge is 2.38. The van der Waals surface area contributed by atoms with E-state index in [2.05, 4.69) is 42.5 Å². The van der Waals surface area contributed by atoms with Crippen molar-refractivity contribution in [2.75, 3.05) is 32.2 Å². The largest absolute Gasteiger partial charge is 0.389 e. The van der Waals surface area contributed by atoms with Crippen LogP contribution < -0.4 is 11.1 Å². The van der Waals surface area contributed by atoms with Gasteiger partial charge in [-0.15, -0.1) is 11.8 Å². The number of nitrogens with zero attached hydrogens (tertiary/aromatic N) is 1. The van der Waals surface area contributed by atoms with Crippen LogP contribution in [0.1, 0.15) is 24.8 Å². The molecule has 1 aliphatic rings. The van der Waals surface area contributed by atoms with Crippen LogP contribution in [-0.4, -0.2) is 42.3 Å². The van der Waals surface area contributed by atoms with Gasteiger partial charge >= 0.3 is 0 Å². The van der Waals surface area contributed by atoms with Gasteiger partial charge in [0, 0.05) is 28.2 Å². The lowest BCUT2D eigenvalue weighted by molar-refractivity contribution is 0.0739. The molecule has 110 valence electrons. The Hall–Kier alpha value is -0.780. The maximum absolute atomic E-state index is 5.90. The molecular weight excluding hydrogens is 286 g/mol. The summed E-state index contributed by atoms with van der Waals surface area (Å²) in [6.45, 7) is 0.938. The lowest BCUT2D eigenvalue weighted by Gasteiger charge is -2.47. The van der Waals surface area contributed by atoms with E-state index in [4.69, 9.17) is 18.0 Å². The van der Waals surface area contributed by atoms with E-state index >= 15 is 0 Å². The Bertz CT molecular complexity index is 496. The molecule has 0 atom stereocenters. The first-order valence-electron chi connectivity index (χ1n) is 6.88. The summed E-state index contributed by atoms with van der Waals surface area (Å²) in [4.78, 5) is 3.93. The van der Waals surface area contributed by atoms with Crippen LogP contribution in [0.15, 0.2) is 23.1 Å². The second-order valence-corrected chi connectivity index (χ2v) is 6.86. The van der Waals surface area contributed by atoms with E-state index in [1.165, 1.54) is 19.3 Å². The summed E-state index contributed by atoms with van der Waals surface area (Å²) in [6.07, 6.45) is 5.86. The zero-order chi connectivity index (χ0) is 14.8. The van der Waals surface area contributed by atoms with E-state index in [0.29, 0.717) is 4.99 Å². The Balaban J connectivity index is 2.19. The maximum Gasteiger partial charge on any atom is 0.107 e. The summed E-state index contributed by atoms with van der Waals surface area (Å²) in [6, 6.07) is 6.19. The number of anilines is 1.